The van der Waals surface area contributed by atoms with Crippen LogP contribution in [0.25, 0.3) is 22.2 Å². The average Bonchev–Trinajstić information content (AvgIpc) is 3.20. The van der Waals surface area contributed by atoms with Crippen molar-refractivity contribution < 1.29 is 14.3 Å². The van der Waals surface area contributed by atoms with Gasteiger partial charge in [0.05, 0.1) is 5.69 Å². The van der Waals surface area contributed by atoms with E-state index in [2.05, 4.69) is 32.8 Å². The van der Waals surface area contributed by atoms with E-state index < -0.39 is 0 Å². The lowest BCUT2D eigenvalue weighted by Crippen LogP contribution is -2.54. The number of aromatic hydroxyl groups is 1. The molecule has 0 spiro atoms. The highest BCUT2D eigenvalue weighted by atomic mass is 16.3. The van der Waals surface area contributed by atoms with Crippen molar-refractivity contribution in [1.29, 1.82) is 0 Å². The Labute approximate surface area is 180 Å². The molecule has 2 fully saturated rings. The Morgan fingerprint density at radius 1 is 1.19 bits per heavy atom. The highest BCUT2D eigenvalue weighted by Gasteiger charge is 2.33. The number of amides is 1. The molecule has 8 heteroatoms. The van der Waals surface area contributed by atoms with Crippen LogP contribution in [0.2, 0.25) is 0 Å². The second-order valence-electron chi connectivity index (χ2n) is 8.60. The number of nitrogens with zero attached hydrogens (tertiary/aromatic N) is 3. The number of hydrogen-bond acceptors (Lipinski definition) is 7. The number of phenolic OH excluding ortho intramolecular Hbond substituents is 1. The molecule has 0 saturated carbocycles. The first kappa shape index (κ1) is 19.8. The van der Waals surface area contributed by atoms with Crippen molar-refractivity contribution in [1.82, 2.24) is 20.8 Å². The number of rotatable bonds is 4. The molecule has 5 rings (SSSR count). The number of nitrogens with one attached hydrogen (secondary N) is 2. The number of piperidine rings is 2. The van der Waals surface area contributed by atoms with Gasteiger partial charge in [0.2, 0.25) is 0 Å². The number of carbonyl (C=O) groups excluding carboxylic acids is 1. The van der Waals surface area contributed by atoms with Gasteiger partial charge in [-0.1, -0.05) is 6.42 Å². The predicted molar refractivity (Wildman–Crippen MR) is 118 cm³/mol. The minimum Gasteiger partial charge on any atom is -0.507 e. The van der Waals surface area contributed by atoms with Gasteiger partial charge >= 0.3 is 0 Å². The maximum Gasteiger partial charge on any atom is 0.286 e. The van der Waals surface area contributed by atoms with Crippen LogP contribution in [-0.4, -0.2) is 53.4 Å². The number of fused-ring (bicyclic) bond motifs is 3. The molecule has 1 amide bonds. The third-order valence-electron chi connectivity index (χ3n) is 6.61. The molecular formula is C23H27N5O3. The minimum absolute atomic E-state index is 0.0679. The third kappa shape index (κ3) is 3.72. The Morgan fingerprint density at radius 3 is 2.65 bits per heavy atom. The van der Waals surface area contributed by atoms with E-state index >= 15 is 0 Å². The largest absolute Gasteiger partial charge is 0.507 e. The van der Waals surface area contributed by atoms with Crippen LogP contribution in [0.4, 0.5) is 5.82 Å². The van der Waals surface area contributed by atoms with E-state index in [1.807, 2.05) is 12.1 Å². The quantitative estimate of drug-likeness (QED) is 0.595. The van der Waals surface area contributed by atoms with Gasteiger partial charge in [0, 0.05) is 43.2 Å². The zero-order valence-corrected chi connectivity index (χ0v) is 17.8. The lowest BCUT2D eigenvalue weighted by molar-refractivity contribution is 0.0938. The molecule has 4 heterocycles. The molecule has 2 unspecified atom stereocenters. The fourth-order valence-corrected chi connectivity index (χ4v) is 4.91. The first-order valence-corrected chi connectivity index (χ1v) is 10.8. The van der Waals surface area contributed by atoms with E-state index in [4.69, 9.17) is 4.42 Å². The molecule has 2 bridgehead atoms. The zero-order valence-electron chi connectivity index (χ0n) is 17.8. The van der Waals surface area contributed by atoms with Crippen LogP contribution in [0, 0.1) is 0 Å². The van der Waals surface area contributed by atoms with E-state index in [-0.39, 0.29) is 17.4 Å². The Hall–Kier alpha value is -3.13. The van der Waals surface area contributed by atoms with Crippen LogP contribution in [-0.2, 0) is 0 Å². The summed E-state index contributed by atoms with van der Waals surface area (Å²) in [5.74, 6) is 0.780. The molecule has 2 saturated heterocycles. The van der Waals surface area contributed by atoms with Crippen LogP contribution in [0.5, 0.6) is 5.75 Å². The summed E-state index contributed by atoms with van der Waals surface area (Å²) in [7, 11) is 3.63. The molecule has 2 atom stereocenters. The van der Waals surface area contributed by atoms with Gasteiger partial charge in [-0.2, -0.15) is 0 Å². The highest BCUT2D eigenvalue weighted by molar-refractivity contribution is 5.97. The van der Waals surface area contributed by atoms with Crippen LogP contribution in [0.1, 0.15) is 42.7 Å². The number of anilines is 1. The lowest BCUT2D eigenvalue weighted by atomic mass is 9.83. The second kappa shape index (κ2) is 7.85. The number of furan rings is 1. The molecule has 2 aliphatic rings. The van der Waals surface area contributed by atoms with Crippen LogP contribution < -0.4 is 15.5 Å². The lowest BCUT2D eigenvalue weighted by Gasteiger charge is -2.43. The van der Waals surface area contributed by atoms with E-state index in [0.29, 0.717) is 40.4 Å². The van der Waals surface area contributed by atoms with Gasteiger partial charge in [-0.25, -0.2) is 0 Å². The molecule has 3 N–H and O–H groups in total. The maximum atomic E-state index is 11.8. The van der Waals surface area contributed by atoms with Crippen LogP contribution in [0.15, 0.2) is 34.7 Å². The van der Waals surface area contributed by atoms with Crippen molar-refractivity contribution in [2.75, 3.05) is 19.0 Å². The van der Waals surface area contributed by atoms with Crippen LogP contribution in [0.3, 0.4) is 0 Å². The first-order valence-electron chi connectivity index (χ1n) is 10.8. The number of phenols is 1. The summed E-state index contributed by atoms with van der Waals surface area (Å²) >= 11 is 0. The van der Waals surface area contributed by atoms with Gasteiger partial charge in [0.15, 0.2) is 11.6 Å². The molecule has 162 valence electrons. The average molecular weight is 422 g/mol. The third-order valence-corrected chi connectivity index (χ3v) is 6.61. The molecule has 31 heavy (non-hydrogen) atoms. The monoisotopic (exact) mass is 421 g/mol. The number of aromatic nitrogens is 2. The van der Waals surface area contributed by atoms with Gasteiger partial charge in [-0.15, -0.1) is 10.2 Å². The van der Waals surface area contributed by atoms with Crippen molar-refractivity contribution in [3.8, 4) is 17.0 Å². The first-order chi connectivity index (χ1) is 15.0. The molecular weight excluding hydrogens is 394 g/mol. The Morgan fingerprint density at radius 2 is 1.97 bits per heavy atom. The summed E-state index contributed by atoms with van der Waals surface area (Å²) in [6.07, 6.45) is 6.07. The summed E-state index contributed by atoms with van der Waals surface area (Å²) in [4.78, 5) is 14.1. The van der Waals surface area contributed by atoms with E-state index in [0.717, 1.165) is 18.7 Å². The topological polar surface area (TPSA) is 104 Å². The minimum atomic E-state index is -0.313. The summed E-state index contributed by atoms with van der Waals surface area (Å²) in [6.45, 7) is 0. The SMILES string of the molecule is CNC(=O)c1cc2cc(O)c(-c3ccc(N(C)C4CC5CCCC(C4)N5)nn3)cc2o1. The van der Waals surface area contributed by atoms with Gasteiger partial charge in [0.25, 0.3) is 5.91 Å². The van der Waals surface area contributed by atoms with Gasteiger partial charge < -0.3 is 25.1 Å². The van der Waals surface area contributed by atoms with Gasteiger partial charge in [0.1, 0.15) is 11.3 Å². The van der Waals surface area contributed by atoms with Crippen molar-refractivity contribution in [2.24, 2.45) is 0 Å². The van der Waals surface area contributed by atoms with Crippen molar-refractivity contribution in [2.45, 2.75) is 50.2 Å². The van der Waals surface area contributed by atoms with Gasteiger partial charge in [-0.3, -0.25) is 4.79 Å². The fourth-order valence-electron chi connectivity index (χ4n) is 4.91. The van der Waals surface area contributed by atoms with Crippen molar-refractivity contribution in [3.05, 3.63) is 36.1 Å². The van der Waals surface area contributed by atoms with E-state index in [9.17, 15) is 9.90 Å². The second-order valence-corrected chi connectivity index (χ2v) is 8.60. The Bertz CT molecular complexity index is 1100. The maximum absolute atomic E-state index is 11.8. The summed E-state index contributed by atoms with van der Waals surface area (Å²) < 4.78 is 5.63. The normalized spacial score (nSPS) is 23.0. The summed E-state index contributed by atoms with van der Waals surface area (Å²) in [6, 6.07) is 10.3. The van der Waals surface area contributed by atoms with Crippen LogP contribution >= 0.6 is 0 Å². The molecule has 0 radical (unpaired) electrons. The molecule has 2 aromatic heterocycles. The van der Waals surface area contributed by atoms with E-state index in [1.165, 1.54) is 19.3 Å². The van der Waals surface area contributed by atoms with Crippen molar-refractivity contribution >= 4 is 22.7 Å². The summed E-state index contributed by atoms with van der Waals surface area (Å²) in [5, 5.41) is 26.2. The molecule has 8 nitrogen and oxygen atoms in total. The zero-order chi connectivity index (χ0) is 21.5. The summed E-state index contributed by atoms with van der Waals surface area (Å²) in [5.41, 5.74) is 1.58. The molecule has 0 aliphatic carbocycles. The number of carbonyl (C=O) groups is 1. The Kier molecular flexibility index (Phi) is 5.02. The molecule has 2 aliphatic heterocycles. The fraction of sp³-hybridized carbons (Fsp3) is 0.435. The standard InChI is InChI=1S/C23H27N5O3/c1-24-23(30)21-9-13-8-19(29)17(12-20(13)31-21)18-6-7-22(27-26-18)28(2)16-10-14-4-3-5-15(11-16)25-14/h6-9,12,14-16,25,29H,3-5,10-11H2,1-2H3,(H,24,30). The number of hydrogen-bond donors (Lipinski definition) is 3. The highest BCUT2D eigenvalue weighted by Crippen LogP contribution is 2.35. The van der Waals surface area contributed by atoms with Gasteiger partial charge in [-0.05, 0) is 56.0 Å². The number of benzene rings is 1. The van der Waals surface area contributed by atoms with E-state index in [1.54, 1.807) is 25.2 Å². The smallest absolute Gasteiger partial charge is 0.286 e. The predicted octanol–water partition coefficient (Wildman–Crippen LogP) is 3.06. The Balaban J connectivity index is 1.38. The van der Waals surface area contributed by atoms with Crippen molar-refractivity contribution in [3.63, 3.8) is 0 Å². The molecule has 1 aromatic carbocycles. The molecule has 3 aromatic rings.